The summed E-state index contributed by atoms with van der Waals surface area (Å²) in [4.78, 5) is 14.8. The van der Waals surface area contributed by atoms with Gasteiger partial charge in [0.1, 0.15) is 13.0 Å². The van der Waals surface area contributed by atoms with Crippen molar-refractivity contribution >= 4 is 18.2 Å². The Morgan fingerprint density at radius 3 is 2.44 bits per heavy atom. The molecule has 25 heavy (non-hydrogen) atoms. The van der Waals surface area contributed by atoms with Crippen molar-refractivity contribution in [1.82, 2.24) is 0 Å². The number of nitrogens with zero attached hydrogens (tertiary/aromatic N) is 1. The van der Waals surface area contributed by atoms with Gasteiger partial charge in [0.2, 0.25) is 0 Å². The molecule has 0 amide bonds. The quantitative estimate of drug-likeness (QED) is 0.512. The molecule has 1 aliphatic rings. The lowest BCUT2D eigenvalue weighted by Crippen LogP contribution is -2.06. The molecule has 0 unspecified atom stereocenters. The summed E-state index contributed by atoms with van der Waals surface area (Å²) in [5.41, 5.74) is 11.0. The van der Waals surface area contributed by atoms with E-state index in [1.54, 1.807) is 13.3 Å². The van der Waals surface area contributed by atoms with Crippen LogP contribution in [0, 0.1) is 13.8 Å². The Morgan fingerprint density at radius 2 is 1.88 bits per heavy atom. The standard InChI is InChI=1S/C11H16N2O.C10H10O/c1-8-4-9(2)11(12)10(5-8)6-13-7-14-3;11-8-10(6-7-10)9-4-2-1-3-5-9/h4-6H,7,12H2,1-3H3;1-5,8H,6-7H2/b13-6+;. The van der Waals surface area contributed by atoms with E-state index in [0.29, 0.717) is 6.73 Å². The number of aliphatic imine (C=N–C) groups is 1. The highest BCUT2D eigenvalue weighted by Gasteiger charge is 2.43. The SMILES string of the molecule is COC/N=C/c1cc(C)cc(C)c1N.O=CC1(c2ccccc2)CC1. The van der Waals surface area contributed by atoms with Crippen LogP contribution in [0.5, 0.6) is 0 Å². The maximum absolute atomic E-state index is 10.7. The van der Waals surface area contributed by atoms with Crippen LogP contribution in [0.2, 0.25) is 0 Å². The normalized spacial score (nSPS) is 14.7. The molecule has 2 N–H and O–H groups in total. The predicted octanol–water partition coefficient (Wildman–Crippen LogP) is 3.83. The second-order valence-electron chi connectivity index (χ2n) is 6.45. The summed E-state index contributed by atoms with van der Waals surface area (Å²) in [5, 5.41) is 0. The van der Waals surface area contributed by atoms with Crippen LogP contribution >= 0.6 is 0 Å². The van der Waals surface area contributed by atoms with E-state index in [4.69, 9.17) is 10.5 Å². The molecule has 0 saturated heterocycles. The lowest BCUT2D eigenvalue weighted by atomic mass is 9.98. The molecule has 1 aliphatic carbocycles. The zero-order chi connectivity index (χ0) is 18.3. The van der Waals surface area contributed by atoms with Gasteiger partial charge in [-0.15, -0.1) is 0 Å². The second kappa shape index (κ2) is 8.58. The molecule has 0 heterocycles. The summed E-state index contributed by atoms with van der Waals surface area (Å²) in [7, 11) is 1.61. The molecule has 0 bridgehead atoms. The highest BCUT2D eigenvalue weighted by molar-refractivity contribution is 5.88. The molecule has 0 spiro atoms. The summed E-state index contributed by atoms with van der Waals surface area (Å²) in [6, 6.07) is 14.1. The predicted molar refractivity (Wildman–Crippen MR) is 103 cm³/mol. The van der Waals surface area contributed by atoms with Gasteiger partial charge < -0.3 is 15.3 Å². The Labute approximate surface area is 149 Å². The zero-order valence-corrected chi connectivity index (χ0v) is 15.2. The van der Waals surface area contributed by atoms with Crippen LogP contribution in [-0.4, -0.2) is 26.3 Å². The smallest absolute Gasteiger partial charge is 0.137 e. The third-order valence-corrected chi connectivity index (χ3v) is 4.36. The number of ether oxygens (including phenoxy) is 1. The lowest BCUT2D eigenvalue weighted by molar-refractivity contribution is -0.109. The first-order chi connectivity index (χ1) is 12.0. The van der Waals surface area contributed by atoms with E-state index in [2.05, 4.69) is 11.1 Å². The highest BCUT2D eigenvalue weighted by atomic mass is 16.5. The first-order valence-corrected chi connectivity index (χ1v) is 8.40. The van der Waals surface area contributed by atoms with Crippen molar-refractivity contribution in [1.29, 1.82) is 0 Å². The summed E-state index contributed by atoms with van der Waals surface area (Å²) >= 11 is 0. The molecule has 1 saturated carbocycles. The third kappa shape index (κ3) is 5.00. The van der Waals surface area contributed by atoms with Crippen molar-refractivity contribution in [2.75, 3.05) is 19.6 Å². The van der Waals surface area contributed by atoms with Crippen LogP contribution in [0.1, 0.15) is 35.1 Å². The van der Waals surface area contributed by atoms with Crippen molar-refractivity contribution in [3.63, 3.8) is 0 Å². The van der Waals surface area contributed by atoms with Gasteiger partial charge in [-0.05, 0) is 43.9 Å². The van der Waals surface area contributed by atoms with Crippen LogP contribution in [0.15, 0.2) is 47.5 Å². The van der Waals surface area contributed by atoms with Gasteiger partial charge in [-0.25, -0.2) is 0 Å². The minimum Gasteiger partial charge on any atom is -0.398 e. The van der Waals surface area contributed by atoms with Gasteiger partial charge in [-0.2, -0.15) is 0 Å². The first kappa shape index (κ1) is 18.9. The number of methoxy groups -OCH3 is 1. The molecule has 3 rings (SSSR count). The van der Waals surface area contributed by atoms with E-state index < -0.39 is 0 Å². The van der Waals surface area contributed by atoms with E-state index in [1.165, 1.54) is 11.1 Å². The van der Waals surface area contributed by atoms with Crippen LogP contribution in [0.3, 0.4) is 0 Å². The fourth-order valence-electron chi connectivity index (χ4n) is 2.71. The average Bonchev–Trinajstić information content (AvgIpc) is 3.42. The number of aldehydes is 1. The van der Waals surface area contributed by atoms with Crippen molar-refractivity contribution in [2.45, 2.75) is 32.1 Å². The Hall–Kier alpha value is -2.46. The molecule has 132 valence electrons. The van der Waals surface area contributed by atoms with E-state index in [0.717, 1.165) is 35.9 Å². The number of anilines is 1. The zero-order valence-electron chi connectivity index (χ0n) is 15.2. The molecule has 4 heteroatoms. The maximum atomic E-state index is 10.7. The van der Waals surface area contributed by atoms with Gasteiger partial charge in [0.05, 0.1) is 5.41 Å². The van der Waals surface area contributed by atoms with Crippen molar-refractivity contribution in [2.24, 2.45) is 4.99 Å². The summed E-state index contributed by atoms with van der Waals surface area (Å²) in [6.45, 7) is 4.41. The van der Waals surface area contributed by atoms with E-state index in [1.807, 2.05) is 50.2 Å². The number of benzene rings is 2. The number of nitrogens with two attached hydrogens (primary N) is 1. The molecule has 0 radical (unpaired) electrons. The molecule has 0 aromatic heterocycles. The highest BCUT2D eigenvalue weighted by Crippen LogP contribution is 2.45. The number of carbonyl (C=O) groups excluding carboxylic acids is 1. The third-order valence-electron chi connectivity index (χ3n) is 4.36. The first-order valence-electron chi connectivity index (χ1n) is 8.40. The number of hydrogen-bond acceptors (Lipinski definition) is 4. The van der Waals surface area contributed by atoms with E-state index >= 15 is 0 Å². The Balaban J connectivity index is 0.000000185. The molecular weight excluding hydrogens is 312 g/mol. The largest absolute Gasteiger partial charge is 0.398 e. The minimum absolute atomic E-state index is 0.0960. The number of aryl methyl sites for hydroxylation is 2. The summed E-state index contributed by atoms with van der Waals surface area (Å²) < 4.78 is 4.83. The molecular formula is C21H26N2O2. The van der Waals surface area contributed by atoms with Gasteiger partial charge in [-0.1, -0.05) is 42.0 Å². The van der Waals surface area contributed by atoms with Crippen molar-refractivity contribution in [3.8, 4) is 0 Å². The Morgan fingerprint density at radius 1 is 1.20 bits per heavy atom. The van der Waals surface area contributed by atoms with Gasteiger partial charge in [0.15, 0.2) is 0 Å². The molecule has 2 aromatic carbocycles. The van der Waals surface area contributed by atoms with Crippen LogP contribution in [0.4, 0.5) is 5.69 Å². The minimum atomic E-state index is -0.0960. The van der Waals surface area contributed by atoms with E-state index in [9.17, 15) is 4.79 Å². The van der Waals surface area contributed by atoms with Gasteiger partial charge >= 0.3 is 0 Å². The van der Waals surface area contributed by atoms with Gasteiger partial charge in [0, 0.05) is 24.6 Å². The van der Waals surface area contributed by atoms with Crippen molar-refractivity contribution < 1.29 is 9.53 Å². The molecule has 0 aliphatic heterocycles. The number of nitrogen functional groups attached to an aromatic ring is 1. The Kier molecular flexibility index (Phi) is 6.48. The summed E-state index contributed by atoms with van der Waals surface area (Å²) in [5.74, 6) is 0. The number of carbonyl (C=O) groups is 1. The van der Waals surface area contributed by atoms with Gasteiger partial charge in [-0.3, -0.25) is 4.99 Å². The van der Waals surface area contributed by atoms with Crippen LogP contribution in [-0.2, 0) is 14.9 Å². The van der Waals surface area contributed by atoms with E-state index in [-0.39, 0.29) is 5.41 Å². The Bertz CT molecular complexity index is 735. The maximum Gasteiger partial charge on any atom is 0.137 e. The molecule has 0 atom stereocenters. The molecule has 4 nitrogen and oxygen atoms in total. The fourth-order valence-corrected chi connectivity index (χ4v) is 2.71. The molecule has 2 aromatic rings. The molecule has 1 fully saturated rings. The topological polar surface area (TPSA) is 64.7 Å². The van der Waals surface area contributed by atoms with Crippen molar-refractivity contribution in [3.05, 3.63) is 64.7 Å². The summed E-state index contributed by atoms with van der Waals surface area (Å²) in [6.07, 6.45) is 4.89. The fraction of sp³-hybridized carbons (Fsp3) is 0.333. The van der Waals surface area contributed by atoms with Crippen LogP contribution < -0.4 is 5.73 Å². The monoisotopic (exact) mass is 338 g/mol. The second-order valence-corrected chi connectivity index (χ2v) is 6.45. The van der Waals surface area contributed by atoms with Gasteiger partial charge in [0.25, 0.3) is 0 Å². The lowest BCUT2D eigenvalue weighted by Gasteiger charge is -2.05. The van der Waals surface area contributed by atoms with Crippen LogP contribution in [0.25, 0.3) is 0 Å². The number of hydrogen-bond donors (Lipinski definition) is 1. The average molecular weight is 338 g/mol. The number of rotatable bonds is 5.